The monoisotopic (exact) mass is 314 g/mol. The molecule has 23 heavy (non-hydrogen) atoms. The van der Waals surface area contributed by atoms with E-state index >= 15 is 0 Å². The van der Waals surface area contributed by atoms with Gasteiger partial charge in [0.2, 0.25) is 0 Å². The van der Waals surface area contributed by atoms with Gasteiger partial charge in [-0.1, -0.05) is 65.7 Å². The predicted octanol–water partition coefficient (Wildman–Crippen LogP) is 3.71. The van der Waals surface area contributed by atoms with Gasteiger partial charge in [0.15, 0.2) is 0 Å². The second kappa shape index (κ2) is 9.41. The van der Waals surface area contributed by atoms with Gasteiger partial charge in [0.25, 0.3) is 0 Å². The number of carboxylic acids is 2. The van der Waals surface area contributed by atoms with Crippen LogP contribution in [0.3, 0.4) is 0 Å². The first kappa shape index (κ1) is 18.4. The first-order valence-electron chi connectivity index (χ1n) is 7.40. The molecule has 0 heterocycles. The van der Waals surface area contributed by atoms with Gasteiger partial charge in [-0.15, -0.1) is 0 Å². The molecule has 0 radical (unpaired) electrons. The van der Waals surface area contributed by atoms with Crippen molar-refractivity contribution in [1.82, 2.24) is 0 Å². The molecular weight excluding hydrogens is 292 g/mol. The Morgan fingerprint density at radius 3 is 1.78 bits per heavy atom. The number of hydrogen-bond donors (Lipinski definition) is 2. The molecule has 4 heteroatoms. The van der Waals surface area contributed by atoms with E-state index in [9.17, 15) is 9.59 Å². The largest absolute Gasteiger partial charge is 0.481 e. The van der Waals surface area contributed by atoms with Crippen LogP contribution in [0.2, 0.25) is 0 Å². The molecule has 2 aromatic rings. The second-order valence-corrected chi connectivity index (χ2v) is 5.48. The minimum atomic E-state index is -1.08. The Bertz CT molecular complexity index is 618. The predicted molar refractivity (Wildman–Crippen MR) is 89.4 cm³/mol. The van der Waals surface area contributed by atoms with Gasteiger partial charge < -0.3 is 10.2 Å². The van der Waals surface area contributed by atoms with Gasteiger partial charge in [-0.05, 0) is 25.8 Å². The standard InChI is InChI=1S/C12H14O4.C7H8/c1-8-2-4-9(5-3-8)6-10(12(15)16)7-11(13)14;1-7-5-3-2-4-6-7/h2-5,10H,6-7H2,1H3,(H,13,14)(H,15,16);2-6H,1H3/t10-;/m0./s1. The maximum absolute atomic E-state index is 10.8. The second-order valence-electron chi connectivity index (χ2n) is 5.48. The molecule has 0 aliphatic carbocycles. The van der Waals surface area contributed by atoms with Crippen molar-refractivity contribution in [3.63, 3.8) is 0 Å². The molecule has 4 nitrogen and oxygen atoms in total. The van der Waals surface area contributed by atoms with Crippen molar-refractivity contribution in [3.05, 3.63) is 71.3 Å². The van der Waals surface area contributed by atoms with E-state index in [4.69, 9.17) is 10.2 Å². The number of hydrogen-bond acceptors (Lipinski definition) is 2. The lowest BCUT2D eigenvalue weighted by Crippen LogP contribution is -2.20. The van der Waals surface area contributed by atoms with E-state index < -0.39 is 17.9 Å². The molecule has 0 aliphatic rings. The van der Waals surface area contributed by atoms with Crippen molar-refractivity contribution in [3.8, 4) is 0 Å². The molecule has 0 unspecified atom stereocenters. The summed E-state index contributed by atoms with van der Waals surface area (Å²) in [5.41, 5.74) is 3.26. The number of aliphatic carboxylic acids is 2. The fraction of sp³-hybridized carbons (Fsp3) is 0.263. The third kappa shape index (κ3) is 7.81. The number of carbonyl (C=O) groups is 2. The van der Waals surface area contributed by atoms with Gasteiger partial charge in [0, 0.05) is 0 Å². The molecule has 122 valence electrons. The highest BCUT2D eigenvalue weighted by Crippen LogP contribution is 2.13. The summed E-state index contributed by atoms with van der Waals surface area (Å²) < 4.78 is 0. The van der Waals surface area contributed by atoms with E-state index in [1.165, 1.54) is 5.56 Å². The zero-order valence-corrected chi connectivity index (χ0v) is 13.4. The van der Waals surface area contributed by atoms with Crippen LogP contribution in [0.1, 0.15) is 23.1 Å². The van der Waals surface area contributed by atoms with Crippen molar-refractivity contribution < 1.29 is 19.8 Å². The lowest BCUT2D eigenvalue weighted by molar-refractivity contribution is -0.148. The van der Waals surface area contributed by atoms with Crippen LogP contribution >= 0.6 is 0 Å². The summed E-state index contributed by atoms with van der Waals surface area (Å²) in [6.45, 7) is 4.02. The summed E-state index contributed by atoms with van der Waals surface area (Å²) in [4.78, 5) is 21.3. The number of aryl methyl sites for hydroxylation is 2. The fourth-order valence-electron chi connectivity index (χ4n) is 2.00. The average Bonchev–Trinajstić information content (AvgIpc) is 2.50. The van der Waals surface area contributed by atoms with Gasteiger partial charge in [-0.25, -0.2) is 0 Å². The molecule has 0 fully saturated rings. The summed E-state index contributed by atoms with van der Waals surface area (Å²) in [5.74, 6) is -3.01. The zero-order valence-electron chi connectivity index (χ0n) is 13.4. The van der Waals surface area contributed by atoms with Crippen LogP contribution in [-0.4, -0.2) is 22.2 Å². The first-order chi connectivity index (χ1) is 10.9. The Morgan fingerprint density at radius 1 is 0.870 bits per heavy atom. The van der Waals surface area contributed by atoms with E-state index in [-0.39, 0.29) is 12.8 Å². The van der Waals surface area contributed by atoms with Crippen molar-refractivity contribution in [2.24, 2.45) is 5.92 Å². The summed E-state index contributed by atoms with van der Waals surface area (Å²) in [6, 6.07) is 17.7. The Balaban J connectivity index is 0.000000313. The van der Waals surface area contributed by atoms with Gasteiger partial charge in [0.05, 0.1) is 12.3 Å². The number of benzene rings is 2. The third-order valence-electron chi connectivity index (χ3n) is 3.31. The lowest BCUT2D eigenvalue weighted by atomic mass is 9.96. The van der Waals surface area contributed by atoms with Crippen molar-refractivity contribution in [2.75, 3.05) is 0 Å². The maximum atomic E-state index is 10.8. The molecule has 0 bridgehead atoms. The van der Waals surface area contributed by atoms with Crippen LogP contribution in [0.5, 0.6) is 0 Å². The van der Waals surface area contributed by atoms with Crippen molar-refractivity contribution in [1.29, 1.82) is 0 Å². The number of rotatable bonds is 5. The highest BCUT2D eigenvalue weighted by atomic mass is 16.4. The summed E-state index contributed by atoms with van der Waals surface area (Å²) in [5, 5.41) is 17.5. The average molecular weight is 314 g/mol. The molecule has 0 aliphatic heterocycles. The molecule has 0 spiro atoms. The van der Waals surface area contributed by atoms with E-state index in [2.05, 4.69) is 19.1 Å². The van der Waals surface area contributed by atoms with Gasteiger partial charge in [-0.3, -0.25) is 9.59 Å². The smallest absolute Gasteiger partial charge is 0.307 e. The quantitative estimate of drug-likeness (QED) is 0.882. The van der Waals surface area contributed by atoms with Gasteiger partial charge in [0.1, 0.15) is 0 Å². The summed E-state index contributed by atoms with van der Waals surface area (Å²) in [7, 11) is 0. The Kier molecular flexibility index (Phi) is 7.54. The van der Waals surface area contributed by atoms with Gasteiger partial charge >= 0.3 is 11.9 Å². The molecule has 0 saturated carbocycles. The van der Waals surface area contributed by atoms with Gasteiger partial charge in [-0.2, -0.15) is 0 Å². The maximum Gasteiger partial charge on any atom is 0.307 e. The minimum absolute atomic E-state index is 0.252. The fourth-order valence-corrected chi connectivity index (χ4v) is 2.00. The van der Waals surface area contributed by atoms with Crippen LogP contribution in [-0.2, 0) is 16.0 Å². The summed E-state index contributed by atoms with van der Waals surface area (Å²) >= 11 is 0. The highest BCUT2D eigenvalue weighted by molar-refractivity contribution is 5.78. The topological polar surface area (TPSA) is 74.6 Å². The SMILES string of the molecule is Cc1ccc(C[C@@H](CC(=O)O)C(=O)O)cc1.Cc1ccccc1. The molecule has 0 amide bonds. The third-order valence-corrected chi connectivity index (χ3v) is 3.31. The van der Waals surface area contributed by atoms with Crippen molar-refractivity contribution in [2.45, 2.75) is 26.7 Å². The Morgan fingerprint density at radius 2 is 1.39 bits per heavy atom. The van der Waals surface area contributed by atoms with Crippen LogP contribution in [0.25, 0.3) is 0 Å². The molecule has 0 aromatic heterocycles. The summed E-state index contributed by atoms with van der Waals surface area (Å²) in [6.07, 6.45) is -0.0921. The van der Waals surface area contributed by atoms with Crippen LogP contribution < -0.4 is 0 Å². The molecule has 2 aromatic carbocycles. The van der Waals surface area contributed by atoms with E-state index in [0.29, 0.717) is 0 Å². The molecule has 0 saturated heterocycles. The molecule has 1 atom stereocenters. The first-order valence-corrected chi connectivity index (χ1v) is 7.40. The molecule has 2 rings (SSSR count). The normalized spacial score (nSPS) is 11.0. The lowest BCUT2D eigenvalue weighted by Gasteiger charge is -2.09. The zero-order chi connectivity index (χ0) is 17.2. The van der Waals surface area contributed by atoms with Crippen LogP contribution in [0, 0.1) is 19.8 Å². The van der Waals surface area contributed by atoms with Crippen LogP contribution in [0.15, 0.2) is 54.6 Å². The Labute approximate surface area is 136 Å². The van der Waals surface area contributed by atoms with E-state index in [1.54, 1.807) is 0 Å². The van der Waals surface area contributed by atoms with E-state index in [1.807, 2.05) is 49.4 Å². The van der Waals surface area contributed by atoms with Crippen LogP contribution in [0.4, 0.5) is 0 Å². The van der Waals surface area contributed by atoms with E-state index in [0.717, 1.165) is 11.1 Å². The molecule has 2 N–H and O–H groups in total. The highest BCUT2D eigenvalue weighted by Gasteiger charge is 2.21. The molecular formula is C19H22O4. The van der Waals surface area contributed by atoms with Crippen molar-refractivity contribution >= 4 is 11.9 Å². The Hall–Kier alpha value is -2.62. The minimum Gasteiger partial charge on any atom is -0.481 e. The number of carboxylic acid groups (broad SMARTS) is 2.